The molecule has 2 heterocycles. The van der Waals surface area contributed by atoms with Gasteiger partial charge in [-0.15, -0.1) is 0 Å². The van der Waals surface area contributed by atoms with Crippen molar-refractivity contribution in [2.75, 3.05) is 19.7 Å². The van der Waals surface area contributed by atoms with Crippen LogP contribution in [-0.4, -0.2) is 39.1 Å². The molecule has 5 nitrogen and oxygen atoms in total. The summed E-state index contributed by atoms with van der Waals surface area (Å²) >= 11 is 0. The Morgan fingerprint density at radius 1 is 1.03 bits per heavy atom. The van der Waals surface area contributed by atoms with Crippen molar-refractivity contribution in [1.82, 2.24) is 14.3 Å². The second-order valence-electron chi connectivity index (χ2n) is 9.00. The smallest absolute Gasteiger partial charge is 0.276 e. The van der Waals surface area contributed by atoms with Crippen molar-refractivity contribution in [3.8, 4) is 5.69 Å². The minimum atomic E-state index is -0.102. The summed E-state index contributed by atoms with van der Waals surface area (Å²) in [5.41, 5.74) is 4.00. The molecule has 5 heteroatoms. The van der Waals surface area contributed by atoms with Gasteiger partial charge in [0.2, 0.25) is 0 Å². The van der Waals surface area contributed by atoms with Crippen LogP contribution >= 0.6 is 0 Å². The Morgan fingerprint density at radius 3 is 2.39 bits per heavy atom. The van der Waals surface area contributed by atoms with Crippen molar-refractivity contribution in [3.63, 3.8) is 0 Å². The molecule has 1 aliphatic heterocycles. The molecular formula is C26H33N3O2. The lowest BCUT2D eigenvalue weighted by Crippen LogP contribution is -2.45. The van der Waals surface area contributed by atoms with Crippen molar-refractivity contribution in [1.29, 1.82) is 0 Å². The summed E-state index contributed by atoms with van der Waals surface area (Å²) in [6, 6.07) is 20.3. The molecule has 0 saturated carbocycles. The largest absolute Gasteiger partial charge is 0.396 e. The number of aliphatic hydroxyl groups is 1. The summed E-state index contributed by atoms with van der Waals surface area (Å²) in [7, 11) is 1.95. The number of hydrogen-bond acceptors (Lipinski definition) is 3. The van der Waals surface area contributed by atoms with Gasteiger partial charge in [0.1, 0.15) is 0 Å². The second-order valence-corrected chi connectivity index (χ2v) is 9.00. The molecule has 0 amide bonds. The number of piperidine rings is 1. The Kier molecular flexibility index (Phi) is 6.44. The van der Waals surface area contributed by atoms with E-state index >= 15 is 0 Å². The van der Waals surface area contributed by atoms with Crippen LogP contribution in [0.3, 0.4) is 0 Å². The van der Waals surface area contributed by atoms with Gasteiger partial charge >= 0.3 is 0 Å². The van der Waals surface area contributed by atoms with E-state index in [0.29, 0.717) is 6.54 Å². The molecule has 0 aliphatic carbocycles. The first-order valence-corrected chi connectivity index (χ1v) is 11.2. The van der Waals surface area contributed by atoms with Gasteiger partial charge in [-0.2, -0.15) is 0 Å². The topological polar surface area (TPSA) is 50.4 Å². The van der Waals surface area contributed by atoms with Crippen LogP contribution in [0.15, 0.2) is 65.5 Å². The first-order chi connectivity index (χ1) is 15.0. The van der Waals surface area contributed by atoms with Crippen LogP contribution in [0, 0.1) is 12.3 Å². The van der Waals surface area contributed by atoms with Crippen molar-refractivity contribution in [2.24, 2.45) is 12.5 Å². The van der Waals surface area contributed by atoms with Gasteiger partial charge in [-0.3, -0.25) is 14.4 Å². The molecule has 31 heavy (non-hydrogen) atoms. The monoisotopic (exact) mass is 419 g/mol. The SMILES string of the molecule is Cc1c(CN2CCCC(CO)(CCc3ccccc3)C2)c(=O)n(-c2ccccc2)n1C. The first-order valence-electron chi connectivity index (χ1n) is 11.2. The zero-order valence-corrected chi connectivity index (χ0v) is 18.6. The average Bonchev–Trinajstić information content (AvgIpc) is 3.02. The quantitative estimate of drug-likeness (QED) is 0.635. The Hall–Kier alpha value is -2.63. The maximum atomic E-state index is 13.3. The van der Waals surface area contributed by atoms with Gasteiger partial charge in [-0.25, -0.2) is 4.68 Å². The summed E-state index contributed by atoms with van der Waals surface area (Å²) < 4.78 is 3.70. The fourth-order valence-corrected chi connectivity index (χ4v) is 4.94. The lowest BCUT2D eigenvalue weighted by atomic mass is 9.76. The van der Waals surface area contributed by atoms with E-state index in [1.54, 1.807) is 4.68 Å². The lowest BCUT2D eigenvalue weighted by molar-refractivity contribution is 0.0222. The highest BCUT2D eigenvalue weighted by atomic mass is 16.3. The molecule has 1 fully saturated rings. The number of hydrogen-bond donors (Lipinski definition) is 1. The molecule has 0 radical (unpaired) electrons. The van der Waals surface area contributed by atoms with Gasteiger partial charge in [0, 0.05) is 37.9 Å². The normalized spacial score (nSPS) is 19.6. The van der Waals surface area contributed by atoms with Gasteiger partial charge in [0.25, 0.3) is 5.56 Å². The van der Waals surface area contributed by atoms with Gasteiger partial charge in [-0.1, -0.05) is 48.5 Å². The highest BCUT2D eigenvalue weighted by Crippen LogP contribution is 2.35. The molecule has 164 valence electrons. The van der Waals surface area contributed by atoms with Gasteiger partial charge in [-0.05, 0) is 56.8 Å². The van der Waals surface area contributed by atoms with E-state index in [2.05, 4.69) is 29.2 Å². The van der Waals surface area contributed by atoms with Crippen LogP contribution < -0.4 is 5.56 Å². The third kappa shape index (κ3) is 4.53. The van der Waals surface area contributed by atoms with E-state index in [9.17, 15) is 9.90 Å². The molecule has 1 saturated heterocycles. The molecule has 4 rings (SSSR count). The molecule has 0 spiro atoms. The van der Waals surface area contributed by atoms with E-state index in [4.69, 9.17) is 0 Å². The van der Waals surface area contributed by atoms with Crippen molar-refractivity contribution < 1.29 is 5.11 Å². The maximum absolute atomic E-state index is 13.3. The number of benzene rings is 2. The Labute approximate surface area is 184 Å². The van der Waals surface area contributed by atoms with Crippen molar-refractivity contribution in [2.45, 2.75) is 39.2 Å². The maximum Gasteiger partial charge on any atom is 0.276 e. The van der Waals surface area contributed by atoms with E-state index in [-0.39, 0.29) is 17.6 Å². The van der Waals surface area contributed by atoms with Gasteiger partial charge in [0.05, 0.1) is 11.3 Å². The summed E-state index contributed by atoms with van der Waals surface area (Å²) in [6.07, 6.45) is 4.02. The molecule has 0 bridgehead atoms. The predicted octanol–water partition coefficient (Wildman–Crippen LogP) is 3.69. The fourth-order valence-electron chi connectivity index (χ4n) is 4.94. The molecule has 1 aromatic heterocycles. The molecule has 1 N–H and O–H groups in total. The molecule has 1 aliphatic rings. The molecular weight excluding hydrogens is 386 g/mol. The number of aryl methyl sites for hydroxylation is 1. The van der Waals surface area contributed by atoms with E-state index in [1.807, 2.05) is 55.1 Å². The summed E-state index contributed by atoms with van der Waals surface area (Å²) in [5.74, 6) is 0. The van der Waals surface area contributed by atoms with E-state index in [0.717, 1.165) is 55.7 Å². The standard InChI is InChI=1S/C26H33N3O2/c1-21-24(25(31)29(27(21)2)23-12-7-4-8-13-23)18-28-17-9-15-26(19-28,20-30)16-14-22-10-5-3-6-11-22/h3-8,10-13,30H,9,14-20H2,1-2H3. The zero-order valence-electron chi connectivity index (χ0n) is 18.6. The van der Waals surface area contributed by atoms with Gasteiger partial charge in [0.15, 0.2) is 0 Å². The predicted molar refractivity (Wildman–Crippen MR) is 125 cm³/mol. The van der Waals surface area contributed by atoms with Crippen molar-refractivity contribution in [3.05, 3.63) is 87.8 Å². The Balaban J connectivity index is 1.52. The molecule has 1 atom stereocenters. The summed E-state index contributed by atoms with van der Waals surface area (Å²) in [6.45, 7) is 4.64. The second kappa shape index (κ2) is 9.25. The third-order valence-electron chi connectivity index (χ3n) is 6.92. The van der Waals surface area contributed by atoms with Crippen LogP contribution in [0.25, 0.3) is 5.69 Å². The highest BCUT2D eigenvalue weighted by molar-refractivity contribution is 5.33. The zero-order chi connectivity index (χ0) is 21.8. The minimum Gasteiger partial charge on any atom is -0.396 e. The Morgan fingerprint density at radius 2 is 1.71 bits per heavy atom. The third-order valence-corrected chi connectivity index (χ3v) is 6.92. The molecule has 1 unspecified atom stereocenters. The molecule has 3 aromatic rings. The Bertz CT molecular complexity index is 1060. The van der Waals surface area contributed by atoms with Gasteiger partial charge < -0.3 is 5.11 Å². The molecule has 2 aromatic carbocycles. The first kappa shape index (κ1) is 21.6. The summed E-state index contributed by atoms with van der Waals surface area (Å²) in [5, 5.41) is 10.3. The number of aliphatic hydroxyl groups excluding tert-OH is 1. The minimum absolute atomic E-state index is 0.0515. The van der Waals surface area contributed by atoms with Crippen LogP contribution in [0.2, 0.25) is 0 Å². The number of likely N-dealkylation sites (tertiary alicyclic amines) is 1. The fraction of sp³-hybridized carbons (Fsp3) is 0.423. The van der Waals surface area contributed by atoms with E-state index < -0.39 is 0 Å². The number of nitrogens with zero attached hydrogens (tertiary/aromatic N) is 3. The number of para-hydroxylation sites is 1. The average molecular weight is 420 g/mol. The highest BCUT2D eigenvalue weighted by Gasteiger charge is 2.35. The summed E-state index contributed by atoms with van der Waals surface area (Å²) in [4.78, 5) is 15.7. The van der Waals surface area contributed by atoms with Crippen LogP contribution in [-0.2, 0) is 20.0 Å². The number of aromatic nitrogens is 2. The van der Waals surface area contributed by atoms with Crippen molar-refractivity contribution >= 4 is 0 Å². The van der Waals surface area contributed by atoms with Crippen LogP contribution in [0.1, 0.15) is 36.1 Å². The lowest BCUT2D eigenvalue weighted by Gasteiger charge is -2.42. The van der Waals surface area contributed by atoms with Crippen LogP contribution in [0.5, 0.6) is 0 Å². The van der Waals surface area contributed by atoms with E-state index in [1.165, 1.54) is 5.56 Å². The van der Waals surface area contributed by atoms with Crippen LogP contribution in [0.4, 0.5) is 0 Å². The number of rotatable bonds is 7.